The average molecular weight is 439 g/mol. The Morgan fingerprint density at radius 1 is 1.09 bits per heavy atom. The summed E-state index contributed by atoms with van der Waals surface area (Å²) in [5, 5.41) is 5.72. The van der Waals surface area contributed by atoms with Gasteiger partial charge in [0.1, 0.15) is 6.54 Å². The third-order valence-electron chi connectivity index (χ3n) is 6.19. The van der Waals surface area contributed by atoms with Crippen molar-refractivity contribution < 1.29 is 23.6 Å². The third-order valence-corrected chi connectivity index (χ3v) is 6.19. The summed E-state index contributed by atoms with van der Waals surface area (Å²) in [6, 6.07) is 15.3. The van der Waals surface area contributed by atoms with E-state index in [2.05, 4.69) is 22.8 Å². The van der Waals surface area contributed by atoms with Crippen molar-refractivity contribution in [1.29, 1.82) is 0 Å². The molecular formula is C25H32N3O4+. The molecule has 3 rings (SSSR count). The lowest BCUT2D eigenvalue weighted by molar-refractivity contribution is -0.940. The van der Waals surface area contributed by atoms with Gasteiger partial charge in [-0.3, -0.25) is 9.59 Å². The summed E-state index contributed by atoms with van der Waals surface area (Å²) in [5.41, 5.74) is 2.72. The van der Waals surface area contributed by atoms with Gasteiger partial charge in [0.05, 0.1) is 37.4 Å². The molecule has 7 heteroatoms. The number of carbonyl (C=O) groups is 3. The van der Waals surface area contributed by atoms with Crippen LogP contribution < -0.4 is 10.6 Å². The van der Waals surface area contributed by atoms with Gasteiger partial charge in [-0.25, -0.2) is 4.79 Å². The van der Waals surface area contributed by atoms with Crippen LogP contribution in [0, 0.1) is 12.8 Å². The lowest BCUT2D eigenvalue weighted by atomic mass is 9.93. The van der Waals surface area contributed by atoms with E-state index < -0.39 is 5.97 Å². The van der Waals surface area contributed by atoms with Crippen LogP contribution in [0.1, 0.15) is 34.3 Å². The molecule has 0 radical (unpaired) electrons. The number of ether oxygens (including phenoxy) is 1. The monoisotopic (exact) mass is 438 g/mol. The SMILES string of the molecule is CNC(=O)C1CCC[N+](CC(=O)Nc2c(C)cccc2C(=O)OC)(Cc2ccccc2)C1. The molecule has 2 unspecified atom stereocenters. The average Bonchev–Trinajstić information content (AvgIpc) is 2.80. The molecule has 170 valence electrons. The van der Waals surface area contributed by atoms with Crippen molar-refractivity contribution in [3.05, 3.63) is 65.2 Å². The first-order valence-corrected chi connectivity index (χ1v) is 11.0. The maximum absolute atomic E-state index is 13.3. The van der Waals surface area contributed by atoms with Gasteiger partial charge in [0.25, 0.3) is 5.91 Å². The van der Waals surface area contributed by atoms with Gasteiger partial charge in [-0.15, -0.1) is 0 Å². The second-order valence-electron chi connectivity index (χ2n) is 8.54. The van der Waals surface area contributed by atoms with Crippen molar-refractivity contribution in [3.63, 3.8) is 0 Å². The second kappa shape index (κ2) is 10.4. The molecule has 0 aliphatic carbocycles. The second-order valence-corrected chi connectivity index (χ2v) is 8.54. The highest BCUT2D eigenvalue weighted by atomic mass is 16.5. The fraction of sp³-hybridized carbons (Fsp3) is 0.400. The number of benzene rings is 2. The molecule has 2 atom stereocenters. The van der Waals surface area contributed by atoms with Crippen LogP contribution >= 0.6 is 0 Å². The number of anilines is 1. The molecule has 32 heavy (non-hydrogen) atoms. The molecule has 2 N–H and O–H groups in total. The predicted molar refractivity (Wildman–Crippen MR) is 123 cm³/mol. The topological polar surface area (TPSA) is 84.5 Å². The molecule has 1 heterocycles. The molecule has 2 aromatic carbocycles. The molecule has 7 nitrogen and oxygen atoms in total. The number of nitrogens with one attached hydrogen (secondary N) is 2. The zero-order chi connectivity index (χ0) is 23.1. The van der Waals surface area contributed by atoms with Crippen molar-refractivity contribution in [3.8, 4) is 0 Å². The van der Waals surface area contributed by atoms with Crippen LogP contribution in [0.5, 0.6) is 0 Å². The van der Waals surface area contributed by atoms with Gasteiger partial charge >= 0.3 is 5.97 Å². The van der Waals surface area contributed by atoms with Crippen molar-refractivity contribution in [2.24, 2.45) is 5.92 Å². The van der Waals surface area contributed by atoms with E-state index >= 15 is 0 Å². The van der Waals surface area contributed by atoms with Crippen LogP contribution in [0.15, 0.2) is 48.5 Å². The van der Waals surface area contributed by atoms with Crippen LogP contribution in [0.2, 0.25) is 0 Å². The number of aryl methyl sites for hydroxylation is 1. The summed E-state index contributed by atoms with van der Waals surface area (Å²) in [4.78, 5) is 37.9. The lowest BCUT2D eigenvalue weighted by Gasteiger charge is -2.43. The fourth-order valence-electron chi connectivity index (χ4n) is 4.65. The quantitative estimate of drug-likeness (QED) is 0.514. The number of carbonyl (C=O) groups excluding carboxylic acids is 3. The first-order valence-electron chi connectivity index (χ1n) is 11.0. The number of piperidine rings is 1. The standard InChI is InChI=1S/C25H31N3O4/c1-18-9-7-13-21(25(31)32-3)23(18)27-22(29)17-28(15-19-10-5-4-6-11-19)14-8-12-20(16-28)24(30)26-2/h4-7,9-11,13,20H,8,12,14-17H2,1-3H3,(H-,26,27,29,30,31)/p+1. The number of likely N-dealkylation sites (tertiary alicyclic amines) is 1. The molecule has 1 fully saturated rings. The van der Waals surface area contributed by atoms with E-state index in [9.17, 15) is 14.4 Å². The summed E-state index contributed by atoms with van der Waals surface area (Å²) < 4.78 is 5.37. The van der Waals surface area contributed by atoms with Gasteiger partial charge in [0, 0.05) is 12.6 Å². The van der Waals surface area contributed by atoms with Crippen LogP contribution in [0.25, 0.3) is 0 Å². The van der Waals surface area contributed by atoms with E-state index in [0.29, 0.717) is 28.8 Å². The van der Waals surface area contributed by atoms with Gasteiger partial charge in [0.2, 0.25) is 5.91 Å². The van der Waals surface area contributed by atoms with Crippen molar-refractivity contribution in [1.82, 2.24) is 5.32 Å². The lowest BCUT2D eigenvalue weighted by Crippen LogP contribution is -2.58. The Kier molecular flexibility index (Phi) is 7.64. The van der Waals surface area contributed by atoms with E-state index in [4.69, 9.17) is 4.74 Å². The Morgan fingerprint density at radius 3 is 2.53 bits per heavy atom. The minimum Gasteiger partial charge on any atom is -0.465 e. The molecule has 0 aromatic heterocycles. The molecule has 1 saturated heterocycles. The van der Waals surface area contributed by atoms with E-state index in [0.717, 1.165) is 30.5 Å². The number of para-hydroxylation sites is 1. The molecule has 1 aliphatic rings. The zero-order valence-corrected chi connectivity index (χ0v) is 19.0. The Hall–Kier alpha value is -3.19. The van der Waals surface area contributed by atoms with Crippen molar-refractivity contribution in [2.45, 2.75) is 26.3 Å². The minimum absolute atomic E-state index is 0.0209. The Bertz CT molecular complexity index is 976. The summed E-state index contributed by atoms with van der Waals surface area (Å²) in [6.45, 7) is 4.14. The first-order chi connectivity index (χ1) is 15.4. The molecule has 0 bridgehead atoms. The van der Waals surface area contributed by atoms with Gasteiger partial charge in [-0.1, -0.05) is 42.5 Å². The number of hydrogen-bond acceptors (Lipinski definition) is 4. The largest absolute Gasteiger partial charge is 0.465 e. The third kappa shape index (κ3) is 5.53. The van der Waals surface area contributed by atoms with E-state index in [-0.39, 0.29) is 24.3 Å². The number of nitrogens with zero attached hydrogens (tertiary/aromatic N) is 1. The Morgan fingerprint density at radius 2 is 1.84 bits per heavy atom. The van der Waals surface area contributed by atoms with Crippen LogP contribution in [-0.2, 0) is 20.9 Å². The normalized spacial score (nSPS) is 20.3. The van der Waals surface area contributed by atoms with Crippen molar-refractivity contribution in [2.75, 3.05) is 39.1 Å². The molecular weight excluding hydrogens is 406 g/mol. The Labute approximate surface area is 189 Å². The maximum atomic E-state index is 13.3. The van der Waals surface area contributed by atoms with Gasteiger partial charge < -0.3 is 19.9 Å². The summed E-state index contributed by atoms with van der Waals surface area (Å²) in [6.07, 6.45) is 1.69. The number of quaternary nitrogens is 1. The van der Waals surface area contributed by atoms with Gasteiger partial charge in [-0.05, 0) is 31.4 Å². The highest BCUT2D eigenvalue weighted by molar-refractivity contribution is 6.02. The molecule has 1 aliphatic heterocycles. The fourth-order valence-corrected chi connectivity index (χ4v) is 4.65. The van der Waals surface area contributed by atoms with Crippen LogP contribution in [-0.4, -0.2) is 56.1 Å². The highest BCUT2D eigenvalue weighted by Gasteiger charge is 2.39. The zero-order valence-electron chi connectivity index (χ0n) is 19.0. The number of esters is 1. The first kappa shape index (κ1) is 23.5. The molecule has 2 amide bonds. The maximum Gasteiger partial charge on any atom is 0.339 e. The van der Waals surface area contributed by atoms with E-state index in [1.807, 2.05) is 31.2 Å². The smallest absolute Gasteiger partial charge is 0.339 e. The van der Waals surface area contributed by atoms with Crippen LogP contribution in [0.4, 0.5) is 5.69 Å². The number of hydrogen-bond donors (Lipinski definition) is 2. The van der Waals surface area contributed by atoms with Gasteiger partial charge in [-0.2, -0.15) is 0 Å². The molecule has 0 spiro atoms. The summed E-state index contributed by atoms with van der Waals surface area (Å²) in [5.74, 6) is -0.783. The predicted octanol–water partition coefficient (Wildman–Crippen LogP) is 2.89. The summed E-state index contributed by atoms with van der Waals surface area (Å²) >= 11 is 0. The van der Waals surface area contributed by atoms with Crippen molar-refractivity contribution >= 4 is 23.5 Å². The minimum atomic E-state index is -0.491. The number of amides is 2. The van der Waals surface area contributed by atoms with E-state index in [1.165, 1.54) is 7.11 Å². The highest BCUT2D eigenvalue weighted by Crippen LogP contribution is 2.28. The molecule has 0 saturated carbocycles. The molecule has 2 aromatic rings. The van der Waals surface area contributed by atoms with Crippen LogP contribution in [0.3, 0.4) is 0 Å². The summed E-state index contributed by atoms with van der Waals surface area (Å²) in [7, 11) is 2.98. The Balaban J connectivity index is 1.86. The van der Waals surface area contributed by atoms with Gasteiger partial charge in [0.15, 0.2) is 6.54 Å². The number of methoxy groups -OCH3 is 1. The van der Waals surface area contributed by atoms with E-state index in [1.54, 1.807) is 19.2 Å². The number of rotatable bonds is 7.